The number of aliphatic hydroxyl groups is 1. The Hall–Kier alpha value is -3.91. The van der Waals surface area contributed by atoms with Crippen molar-refractivity contribution in [1.82, 2.24) is 14.1 Å². The second-order valence-corrected chi connectivity index (χ2v) is 8.87. The summed E-state index contributed by atoms with van der Waals surface area (Å²) in [5, 5.41) is 13.9. The second-order valence-electron chi connectivity index (χ2n) is 8.87. The van der Waals surface area contributed by atoms with Crippen molar-refractivity contribution in [3.8, 4) is 0 Å². The SMILES string of the molecule is Cc1ccc(CCCC(=O)Nc2ccc3ccn(CCC(CO)n4cnc(C(N)=O)c4)c3c2)cc1. The van der Waals surface area contributed by atoms with Crippen molar-refractivity contribution in [2.45, 2.75) is 45.2 Å². The van der Waals surface area contributed by atoms with E-state index in [-0.39, 0.29) is 24.2 Å². The zero-order valence-corrected chi connectivity index (χ0v) is 19.9. The summed E-state index contributed by atoms with van der Waals surface area (Å²) in [5.74, 6) is -0.596. The largest absolute Gasteiger partial charge is 0.394 e. The first kappa shape index (κ1) is 24.2. The Morgan fingerprint density at radius 1 is 1.14 bits per heavy atom. The quantitative estimate of drug-likeness (QED) is 0.307. The normalized spacial score (nSPS) is 12.1. The smallest absolute Gasteiger partial charge is 0.268 e. The molecule has 2 aromatic heterocycles. The number of carbonyl (C=O) groups excluding carboxylic acids is 2. The fourth-order valence-electron chi connectivity index (χ4n) is 4.17. The molecule has 0 bridgehead atoms. The fraction of sp³-hybridized carbons (Fsp3) is 0.296. The first-order valence-electron chi connectivity index (χ1n) is 11.8. The van der Waals surface area contributed by atoms with E-state index in [0.29, 0.717) is 19.4 Å². The van der Waals surface area contributed by atoms with Crippen molar-refractivity contribution in [1.29, 1.82) is 0 Å². The van der Waals surface area contributed by atoms with Gasteiger partial charge in [-0.1, -0.05) is 35.9 Å². The monoisotopic (exact) mass is 473 g/mol. The average molecular weight is 474 g/mol. The first-order valence-corrected chi connectivity index (χ1v) is 11.8. The van der Waals surface area contributed by atoms with Crippen LogP contribution in [0.25, 0.3) is 10.9 Å². The van der Waals surface area contributed by atoms with Crippen LogP contribution in [0.1, 0.15) is 46.9 Å². The molecule has 35 heavy (non-hydrogen) atoms. The number of aliphatic hydroxyl groups excluding tert-OH is 1. The van der Waals surface area contributed by atoms with Gasteiger partial charge in [0.05, 0.1) is 24.5 Å². The molecule has 0 aliphatic heterocycles. The molecule has 2 amide bonds. The number of nitrogens with two attached hydrogens (primary N) is 1. The molecule has 8 nitrogen and oxygen atoms in total. The van der Waals surface area contributed by atoms with Gasteiger partial charge in [-0.2, -0.15) is 0 Å². The molecule has 4 N–H and O–H groups in total. The lowest BCUT2D eigenvalue weighted by Gasteiger charge is -2.16. The number of aryl methyl sites for hydroxylation is 3. The lowest BCUT2D eigenvalue weighted by Crippen LogP contribution is -2.15. The predicted octanol–water partition coefficient (Wildman–Crippen LogP) is 3.83. The van der Waals surface area contributed by atoms with Crippen LogP contribution >= 0.6 is 0 Å². The number of primary amides is 1. The van der Waals surface area contributed by atoms with E-state index in [1.165, 1.54) is 17.5 Å². The molecular formula is C27H31N5O3. The van der Waals surface area contributed by atoms with Gasteiger partial charge in [-0.3, -0.25) is 9.59 Å². The number of nitrogens with zero attached hydrogens (tertiary/aromatic N) is 3. The van der Waals surface area contributed by atoms with Crippen molar-refractivity contribution >= 4 is 28.4 Å². The van der Waals surface area contributed by atoms with E-state index >= 15 is 0 Å². The standard InChI is InChI=1S/C27H31N5O3/c1-19-5-7-20(8-6-19)3-2-4-26(34)30-22-10-9-21-11-13-31(25(21)15-22)14-12-23(17-33)32-16-24(27(28)35)29-18-32/h5-11,13,15-16,18,23,33H,2-4,12,14,17H2,1H3,(H2,28,35)(H,30,34). The number of carbonyl (C=O) groups is 2. The van der Waals surface area contributed by atoms with E-state index in [4.69, 9.17) is 5.73 Å². The van der Waals surface area contributed by atoms with Gasteiger partial charge in [-0.25, -0.2) is 4.98 Å². The van der Waals surface area contributed by atoms with Crippen LogP contribution in [-0.2, 0) is 17.8 Å². The van der Waals surface area contributed by atoms with Crippen LogP contribution in [0.2, 0.25) is 0 Å². The molecule has 0 fully saturated rings. The molecule has 0 saturated heterocycles. The molecule has 8 heteroatoms. The number of anilines is 1. The Labute approximate surface area is 204 Å². The Morgan fingerprint density at radius 3 is 2.66 bits per heavy atom. The summed E-state index contributed by atoms with van der Waals surface area (Å²) < 4.78 is 3.81. The summed E-state index contributed by atoms with van der Waals surface area (Å²) >= 11 is 0. The van der Waals surface area contributed by atoms with Gasteiger partial charge in [0.25, 0.3) is 5.91 Å². The van der Waals surface area contributed by atoms with Crippen molar-refractivity contribution in [3.05, 3.63) is 84.1 Å². The third-order valence-corrected chi connectivity index (χ3v) is 6.24. The molecule has 4 aromatic rings. The molecular weight excluding hydrogens is 442 g/mol. The van der Waals surface area contributed by atoms with Gasteiger partial charge in [-0.15, -0.1) is 0 Å². The fourth-order valence-corrected chi connectivity index (χ4v) is 4.17. The molecule has 0 radical (unpaired) electrons. The summed E-state index contributed by atoms with van der Waals surface area (Å²) in [5.41, 5.74) is 9.69. The van der Waals surface area contributed by atoms with Crippen molar-refractivity contribution in [2.24, 2.45) is 5.73 Å². The van der Waals surface area contributed by atoms with Crippen LogP contribution in [-0.4, -0.2) is 37.6 Å². The maximum atomic E-state index is 12.5. The lowest BCUT2D eigenvalue weighted by molar-refractivity contribution is -0.116. The zero-order valence-electron chi connectivity index (χ0n) is 19.9. The van der Waals surface area contributed by atoms with Crippen molar-refractivity contribution in [2.75, 3.05) is 11.9 Å². The average Bonchev–Trinajstić information content (AvgIpc) is 3.49. The molecule has 1 atom stereocenters. The van der Waals surface area contributed by atoms with E-state index in [9.17, 15) is 14.7 Å². The zero-order chi connectivity index (χ0) is 24.8. The van der Waals surface area contributed by atoms with E-state index in [0.717, 1.165) is 29.4 Å². The topological polar surface area (TPSA) is 115 Å². The maximum absolute atomic E-state index is 12.5. The molecule has 0 aliphatic carbocycles. The molecule has 1 unspecified atom stereocenters. The summed E-state index contributed by atoms with van der Waals surface area (Å²) in [7, 11) is 0. The molecule has 0 aliphatic rings. The number of hydrogen-bond acceptors (Lipinski definition) is 4. The van der Waals surface area contributed by atoms with Gasteiger partial charge < -0.3 is 25.3 Å². The molecule has 4 rings (SSSR count). The molecule has 0 spiro atoms. The molecule has 182 valence electrons. The van der Waals surface area contributed by atoms with Crippen LogP contribution in [0.3, 0.4) is 0 Å². The highest BCUT2D eigenvalue weighted by Crippen LogP contribution is 2.23. The lowest BCUT2D eigenvalue weighted by atomic mass is 10.1. The number of rotatable bonds is 11. The van der Waals surface area contributed by atoms with Gasteiger partial charge in [0.1, 0.15) is 5.69 Å². The molecule has 0 saturated carbocycles. The van der Waals surface area contributed by atoms with Gasteiger partial charge >= 0.3 is 0 Å². The Bertz CT molecular complexity index is 1310. The predicted molar refractivity (Wildman–Crippen MR) is 136 cm³/mol. The number of imidazole rings is 1. The Morgan fingerprint density at radius 2 is 1.94 bits per heavy atom. The van der Waals surface area contributed by atoms with E-state index in [1.807, 2.05) is 30.5 Å². The van der Waals surface area contributed by atoms with Crippen molar-refractivity contribution < 1.29 is 14.7 Å². The van der Waals surface area contributed by atoms with Crippen LogP contribution < -0.4 is 11.1 Å². The summed E-state index contributed by atoms with van der Waals surface area (Å²) in [6.07, 6.45) is 7.83. The van der Waals surface area contributed by atoms with Gasteiger partial charge in [-0.05, 0) is 55.3 Å². The van der Waals surface area contributed by atoms with E-state index in [1.54, 1.807) is 10.8 Å². The Kier molecular flexibility index (Phi) is 7.62. The highest BCUT2D eigenvalue weighted by molar-refractivity contribution is 5.93. The van der Waals surface area contributed by atoms with E-state index < -0.39 is 5.91 Å². The van der Waals surface area contributed by atoms with Crippen LogP contribution in [0.4, 0.5) is 5.69 Å². The number of nitrogens with one attached hydrogen (secondary N) is 1. The van der Waals surface area contributed by atoms with Crippen LogP contribution in [0, 0.1) is 6.92 Å². The minimum atomic E-state index is -0.596. The molecule has 2 heterocycles. The summed E-state index contributed by atoms with van der Waals surface area (Å²) in [4.78, 5) is 27.8. The highest BCUT2D eigenvalue weighted by atomic mass is 16.3. The van der Waals surface area contributed by atoms with Crippen LogP contribution in [0.5, 0.6) is 0 Å². The number of benzene rings is 2. The third-order valence-electron chi connectivity index (χ3n) is 6.24. The second kappa shape index (κ2) is 11.0. The number of fused-ring (bicyclic) bond motifs is 1. The van der Waals surface area contributed by atoms with E-state index in [2.05, 4.69) is 46.1 Å². The maximum Gasteiger partial charge on any atom is 0.268 e. The number of hydrogen-bond donors (Lipinski definition) is 3. The van der Waals surface area contributed by atoms with Gasteiger partial charge in [0.2, 0.25) is 5.91 Å². The van der Waals surface area contributed by atoms with Gasteiger partial charge in [0.15, 0.2) is 0 Å². The van der Waals surface area contributed by atoms with Crippen molar-refractivity contribution in [3.63, 3.8) is 0 Å². The first-order chi connectivity index (χ1) is 16.9. The highest BCUT2D eigenvalue weighted by Gasteiger charge is 2.14. The minimum absolute atomic E-state index is 0.000255. The third kappa shape index (κ3) is 6.16. The minimum Gasteiger partial charge on any atom is -0.394 e. The Balaban J connectivity index is 1.35. The molecule has 2 aromatic carbocycles. The van der Waals surface area contributed by atoms with Crippen LogP contribution in [0.15, 0.2) is 67.3 Å². The van der Waals surface area contributed by atoms with Gasteiger partial charge in [0, 0.05) is 31.0 Å². The number of amides is 2. The summed E-state index contributed by atoms with van der Waals surface area (Å²) in [6, 6.07) is 16.1. The number of aromatic nitrogens is 3. The summed E-state index contributed by atoms with van der Waals surface area (Å²) in [6.45, 7) is 2.63.